The minimum absolute atomic E-state index is 0.00584. The molecule has 1 atom stereocenters. The van der Waals surface area contributed by atoms with Crippen molar-refractivity contribution in [3.05, 3.63) is 24.3 Å². The van der Waals surface area contributed by atoms with Gasteiger partial charge in [0, 0.05) is 10.1 Å². The molecule has 1 saturated carbocycles. The molecule has 2 fully saturated rings. The number of rotatable bonds is 4. The van der Waals surface area contributed by atoms with Gasteiger partial charge in [0.15, 0.2) is 9.84 Å². The molecule has 132 valence electrons. The fraction of sp³-hybridized carbons (Fsp3) is 0.588. The van der Waals surface area contributed by atoms with Gasteiger partial charge in [0.25, 0.3) is 0 Å². The molecule has 1 saturated heterocycles. The Morgan fingerprint density at radius 3 is 2.62 bits per heavy atom. The van der Waals surface area contributed by atoms with Gasteiger partial charge >= 0.3 is 6.03 Å². The van der Waals surface area contributed by atoms with Crippen molar-refractivity contribution in [1.29, 1.82) is 0 Å². The van der Waals surface area contributed by atoms with Crippen LogP contribution in [0.1, 0.15) is 39.0 Å². The summed E-state index contributed by atoms with van der Waals surface area (Å²) in [5.41, 5.74) is 0.104. The first kappa shape index (κ1) is 17.6. The number of hydrogen-bond donors (Lipinski definition) is 2. The van der Waals surface area contributed by atoms with Crippen LogP contribution in [-0.2, 0) is 9.84 Å². The lowest BCUT2D eigenvalue weighted by Crippen LogP contribution is -2.48. The summed E-state index contributed by atoms with van der Waals surface area (Å²) in [6.07, 6.45) is 5.46. The van der Waals surface area contributed by atoms with Gasteiger partial charge in [-0.05, 0) is 38.3 Å². The Balaban J connectivity index is 1.64. The molecule has 1 heterocycles. The van der Waals surface area contributed by atoms with E-state index < -0.39 is 15.4 Å². The lowest BCUT2D eigenvalue weighted by Gasteiger charge is -2.24. The van der Waals surface area contributed by atoms with E-state index in [2.05, 4.69) is 10.6 Å². The lowest BCUT2D eigenvalue weighted by molar-refractivity contribution is 0.242. The molecule has 1 aliphatic heterocycles. The van der Waals surface area contributed by atoms with Crippen LogP contribution in [0.25, 0.3) is 0 Å². The van der Waals surface area contributed by atoms with Crippen LogP contribution in [0.15, 0.2) is 29.2 Å². The highest BCUT2D eigenvalue weighted by molar-refractivity contribution is 8.00. The van der Waals surface area contributed by atoms with E-state index in [1.165, 1.54) is 25.7 Å². The second-order valence-electron chi connectivity index (χ2n) is 7.00. The van der Waals surface area contributed by atoms with Crippen molar-refractivity contribution in [2.24, 2.45) is 0 Å². The predicted octanol–water partition coefficient (Wildman–Crippen LogP) is 3.42. The number of thioether (sulfide) groups is 1. The monoisotopic (exact) mass is 368 g/mol. The molecule has 1 aromatic rings. The van der Waals surface area contributed by atoms with Crippen LogP contribution in [0, 0.1) is 0 Å². The molecule has 5 nitrogen and oxygen atoms in total. The van der Waals surface area contributed by atoms with Gasteiger partial charge in [0.2, 0.25) is 0 Å². The zero-order valence-electron chi connectivity index (χ0n) is 13.9. The molecule has 1 aliphatic carbocycles. The van der Waals surface area contributed by atoms with Gasteiger partial charge in [-0.2, -0.15) is 0 Å². The van der Waals surface area contributed by atoms with Crippen LogP contribution in [0.3, 0.4) is 0 Å². The maximum atomic E-state index is 12.3. The SMILES string of the molecule is C[C@]1(NC(=O)Nc2ccccc2SC2CCCC2)CCS(=O)(=O)C1. The molecule has 2 N–H and O–H groups in total. The van der Waals surface area contributed by atoms with Gasteiger partial charge in [-0.1, -0.05) is 25.0 Å². The van der Waals surface area contributed by atoms with Crippen molar-refractivity contribution in [3.8, 4) is 0 Å². The summed E-state index contributed by atoms with van der Waals surface area (Å²) >= 11 is 1.82. The molecule has 0 spiro atoms. The molecule has 1 aromatic carbocycles. The topological polar surface area (TPSA) is 75.3 Å². The number of nitrogens with one attached hydrogen (secondary N) is 2. The zero-order chi connectivity index (χ0) is 17.2. The first-order valence-electron chi connectivity index (χ1n) is 8.41. The first-order valence-corrected chi connectivity index (χ1v) is 11.1. The molecule has 0 unspecified atom stereocenters. The van der Waals surface area contributed by atoms with E-state index in [-0.39, 0.29) is 17.5 Å². The molecule has 24 heavy (non-hydrogen) atoms. The van der Waals surface area contributed by atoms with Gasteiger partial charge in [-0.3, -0.25) is 0 Å². The quantitative estimate of drug-likeness (QED) is 0.854. The van der Waals surface area contributed by atoms with Gasteiger partial charge in [-0.15, -0.1) is 11.8 Å². The maximum Gasteiger partial charge on any atom is 0.319 e. The summed E-state index contributed by atoms with van der Waals surface area (Å²) < 4.78 is 23.3. The third-order valence-electron chi connectivity index (χ3n) is 4.65. The molecule has 0 bridgehead atoms. The van der Waals surface area contributed by atoms with Gasteiger partial charge in [-0.25, -0.2) is 13.2 Å². The lowest BCUT2D eigenvalue weighted by atomic mass is 10.0. The van der Waals surface area contributed by atoms with E-state index in [1.807, 2.05) is 36.0 Å². The normalized spacial score (nSPS) is 26.4. The van der Waals surface area contributed by atoms with E-state index in [0.29, 0.717) is 11.7 Å². The molecular formula is C17H24N2O3S2. The Bertz CT molecular complexity index is 714. The summed E-state index contributed by atoms with van der Waals surface area (Å²) in [6.45, 7) is 1.79. The summed E-state index contributed by atoms with van der Waals surface area (Å²) in [7, 11) is -3.04. The number of anilines is 1. The molecule has 7 heteroatoms. The third-order valence-corrected chi connectivity index (χ3v) is 7.97. The number of urea groups is 1. The van der Waals surface area contributed by atoms with Crippen LogP contribution in [0.2, 0.25) is 0 Å². The highest BCUT2D eigenvalue weighted by Gasteiger charge is 2.39. The first-order chi connectivity index (χ1) is 11.4. The molecule has 0 radical (unpaired) electrons. The number of sulfone groups is 1. The predicted molar refractivity (Wildman–Crippen MR) is 98.4 cm³/mol. The Morgan fingerprint density at radius 2 is 1.96 bits per heavy atom. The molecule has 0 aromatic heterocycles. The summed E-state index contributed by atoms with van der Waals surface area (Å²) in [5.74, 6) is 0.143. The number of para-hydroxylation sites is 1. The molecule has 2 aliphatic rings. The van der Waals surface area contributed by atoms with Crippen LogP contribution < -0.4 is 10.6 Å². The van der Waals surface area contributed by atoms with Crippen LogP contribution in [-0.4, -0.2) is 36.7 Å². The van der Waals surface area contributed by atoms with Crippen molar-refractivity contribution in [2.45, 2.75) is 54.7 Å². The third kappa shape index (κ3) is 4.45. The van der Waals surface area contributed by atoms with Crippen LogP contribution in [0.5, 0.6) is 0 Å². The summed E-state index contributed by atoms with van der Waals surface area (Å²) in [4.78, 5) is 13.4. The fourth-order valence-electron chi connectivity index (χ4n) is 3.40. The Labute approximate surface area is 147 Å². The van der Waals surface area contributed by atoms with Crippen molar-refractivity contribution >= 4 is 33.3 Å². The summed E-state index contributed by atoms with van der Waals surface area (Å²) in [5, 5.41) is 6.36. The number of hydrogen-bond acceptors (Lipinski definition) is 4. The highest BCUT2D eigenvalue weighted by atomic mass is 32.2. The van der Waals surface area contributed by atoms with E-state index in [0.717, 1.165) is 10.6 Å². The van der Waals surface area contributed by atoms with E-state index in [1.54, 1.807) is 6.92 Å². The molecular weight excluding hydrogens is 344 g/mol. The molecule has 3 rings (SSSR count). The second kappa shape index (κ2) is 6.96. The number of amides is 2. The maximum absolute atomic E-state index is 12.3. The highest BCUT2D eigenvalue weighted by Crippen LogP contribution is 2.38. The average Bonchev–Trinajstić information content (AvgIpc) is 3.08. The van der Waals surface area contributed by atoms with Gasteiger partial charge in [0.05, 0.1) is 22.7 Å². The van der Waals surface area contributed by atoms with E-state index in [9.17, 15) is 13.2 Å². The van der Waals surface area contributed by atoms with Crippen LogP contribution in [0.4, 0.5) is 10.5 Å². The Morgan fingerprint density at radius 1 is 1.25 bits per heavy atom. The number of benzene rings is 1. The standard InChI is InChI=1S/C17H24N2O3S2/c1-17(10-11-24(21,22)12-17)19-16(20)18-14-8-4-5-9-15(14)23-13-6-2-3-7-13/h4-5,8-9,13H,2-3,6-7,10-12H2,1H3,(H2,18,19,20)/t17-/m0/s1. The van der Waals surface area contributed by atoms with Crippen molar-refractivity contribution in [1.82, 2.24) is 5.32 Å². The second-order valence-corrected chi connectivity index (χ2v) is 10.5. The largest absolute Gasteiger partial charge is 0.332 e. The minimum atomic E-state index is -3.04. The van der Waals surface area contributed by atoms with Gasteiger partial charge < -0.3 is 10.6 Å². The smallest absolute Gasteiger partial charge is 0.319 e. The fourth-order valence-corrected chi connectivity index (χ4v) is 6.82. The van der Waals surface area contributed by atoms with Gasteiger partial charge in [0.1, 0.15) is 0 Å². The van der Waals surface area contributed by atoms with Crippen molar-refractivity contribution in [3.63, 3.8) is 0 Å². The Kier molecular flexibility index (Phi) is 5.11. The summed E-state index contributed by atoms with van der Waals surface area (Å²) in [6, 6.07) is 7.46. The van der Waals surface area contributed by atoms with Crippen LogP contribution >= 0.6 is 11.8 Å². The van der Waals surface area contributed by atoms with Crippen molar-refractivity contribution in [2.75, 3.05) is 16.8 Å². The number of carbonyl (C=O) groups is 1. The van der Waals surface area contributed by atoms with E-state index in [4.69, 9.17) is 0 Å². The minimum Gasteiger partial charge on any atom is -0.332 e. The number of carbonyl (C=O) groups excluding carboxylic acids is 1. The Hall–Kier alpha value is -1.21. The molecule has 2 amide bonds. The zero-order valence-corrected chi connectivity index (χ0v) is 15.5. The average molecular weight is 369 g/mol. The van der Waals surface area contributed by atoms with Crippen molar-refractivity contribution < 1.29 is 13.2 Å². The van der Waals surface area contributed by atoms with E-state index >= 15 is 0 Å².